The number of fused-ring (bicyclic) bond motifs is 3. The number of carbonyl (C=O) groups is 1. The summed E-state index contributed by atoms with van der Waals surface area (Å²) in [6.07, 6.45) is 1.44. The molecule has 29 heavy (non-hydrogen) atoms. The second-order valence-electron chi connectivity index (χ2n) is 7.99. The Balaban J connectivity index is 2.14. The van der Waals surface area contributed by atoms with Crippen molar-refractivity contribution in [1.29, 1.82) is 0 Å². The first kappa shape index (κ1) is 21.4. The number of hydrogen-bond acceptors (Lipinski definition) is 4. The van der Waals surface area contributed by atoms with Crippen molar-refractivity contribution in [2.24, 2.45) is 5.92 Å². The molecule has 1 aromatic heterocycles. The molecule has 1 heterocycles. The van der Waals surface area contributed by atoms with Crippen LogP contribution in [-0.4, -0.2) is 36.4 Å². The fourth-order valence-corrected chi connectivity index (χ4v) is 4.05. The van der Waals surface area contributed by atoms with Crippen LogP contribution < -0.4 is 10.3 Å². The lowest BCUT2D eigenvalue weighted by Gasteiger charge is -2.40. The molecule has 0 bridgehead atoms. The lowest BCUT2D eigenvalue weighted by Crippen LogP contribution is -2.37. The lowest BCUT2D eigenvalue weighted by molar-refractivity contribution is 0.0694. The zero-order valence-electron chi connectivity index (χ0n) is 17.1. The number of H-pyrrole nitrogens is 1. The summed E-state index contributed by atoms with van der Waals surface area (Å²) in [5, 5.41) is 9.85. The van der Waals surface area contributed by atoms with Crippen LogP contribution in [-0.2, 0) is 16.6 Å². The molecule has 1 atom stereocenters. The number of benzene rings is 1. The summed E-state index contributed by atoms with van der Waals surface area (Å²) in [5.74, 6) is -0.423. The number of methoxy groups -OCH3 is 1. The summed E-state index contributed by atoms with van der Waals surface area (Å²) < 4.78 is 10.9. The van der Waals surface area contributed by atoms with Gasteiger partial charge in [-0.1, -0.05) is 32.4 Å². The van der Waals surface area contributed by atoms with E-state index in [1.807, 2.05) is 6.07 Å². The van der Waals surface area contributed by atoms with Crippen molar-refractivity contribution in [3.8, 4) is 17.0 Å². The summed E-state index contributed by atoms with van der Waals surface area (Å²) in [6, 6.07) is 5.23. The van der Waals surface area contributed by atoms with Crippen molar-refractivity contribution in [2.45, 2.75) is 39.0 Å². The average Bonchev–Trinajstić information content (AvgIpc) is 2.65. The number of aromatic carboxylic acids is 1. The predicted molar refractivity (Wildman–Crippen MR) is 112 cm³/mol. The van der Waals surface area contributed by atoms with E-state index in [-0.39, 0.29) is 16.9 Å². The Morgan fingerprint density at radius 3 is 2.66 bits per heavy atom. The van der Waals surface area contributed by atoms with Crippen molar-refractivity contribution in [1.82, 2.24) is 4.98 Å². The number of pyridine rings is 1. The number of aromatic amines is 1. The molecule has 1 aliphatic rings. The first-order chi connectivity index (χ1) is 13.7. The van der Waals surface area contributed by atoms with Gasteiger partial charge in [0.2, 0.25) is 0 Å². The molecule has 2 aromatic rings. The van der Waals surface area contributed by atoms with Crippen LogP contribution >= 0.6 is 11.6 Å². The smallest absolute Gasteiger partial charge is 0.341 e. The molecular weight excluding hydrogens is 394 g/mol. The van der Waals surface area contributed by atoms with Gasteiger partial charge in [-0.2, -0.15) is 0 Å². The Kier molecular flexibility index (Phi) is 6.05. The Hall–Kier alpha value is -2.31. The largest absolute Gasteiger partial charge is 0.492 e. The average molecular weight is 420 g/mol. The van der Waals surface area contributed by atoms with Crippen molar-refractivity contribution in [2.75, 3.05) is 20.3 Å². The molecule has 3 rings (SSSR count). The van der Waals surface area contributed by atoms with E-state index in [2.05, 4.69) is 25.8 Å². The second kappa shape index (κ2) is 8.20. The molecule has 0 saturated carbocycles. The highest BCUT2D eigenvalue weighted by Crippen LogP contribution is 2.48. The molecule has 7 heteroatoms. The van der Waals surface area contributed by atoms with Crippen LogP contribution in [0.1, 0.15) is 48.7 Å². The van der Waals surface area contributed by atoms with E-state index in [9.17, 15) is 14.7 Å². The van der Waals surface area contributed by atoms with Crippen LogP contribution in [0.4, 0.5) is 0 Å². The van der Waals surface area contributed by atoms with Crippen LogP contribution in [0.5, 0.6) is 5.75 Å². The Labute approximate surface area is 174 Å². The predicted octanol–water partition coefficient (Wildman–Crippen LogP) is 4.28. The highest BCUT2D eigenvalue weighted by Gasteiger charge is 2.39. The number of aromatic nitrogens is 1. The number of hydrogen-bond donors (Lipinski definition) is 2. The van der Waals surface area contributed by atoms with Crippen LogP contribution in [0, 0.1) is 5.92 Å². The van der Waals surface area contributed by atoms with Gasteiger partial charge in [0.15, 0.2) is 0 Å². The van der Waals surface area contributed by atoms with Crippen LogP contribution in [0.15, 0.2) is 23.0 Å². The summed E-state index contributed by atoms with van der Waals surface area (Å²) in [5.41, 5.74) is 2.05. The monoisotopic (exact) mass is 419 g/mol. The standard InChI is InChI=1S/C22H26ClNO5/c1-12(2)22(3)11-13-8-18(29-7-5-6-28-4)17(23)10-14(13)19-16(22)9-15(21(26)27)20(25)24-19/h8-10,12H,5-7,11H2,1-4H3,(H,24,25)(H,26,27). The first-order valence-electron chi connectivity index (χ1n) is 9.64. The van der Waals surface area contributed by atoms with E-state index < -0.39 is 11.5 Å². The third-order valence-electron chi connectivity index (χ3n) is 5.90. The zero-order chi connectivity index (χ0) is 21.3. The van der Waals surface area contributed by atoms with E-state index in [1.165, 1.54) is 6.07 Å². The first-order valence-corrected chi connectivity index (χ1v) is 10.0. The number of halogens is 1. The fraction of sp³-hybridized carbons (Fsp3) is 0.455. The molecule has 6 nitrogen and oxygen atoms in total. The number of carboxylic acids is 1. The van der Waals surface area contributed by atoms with Gasteiger partial charge in [0.05, 0.1) is 17.3 Å². The molecular formula is C22H26ClNO5. The third-order valence-corrected chi connectivity index (χ3v) is 6.19. The summed E-state index contributed by atoms with van der Waals surface area (Å²) in [6.45, 7) is 7.38. The molecule has 0 fully saturated rings. The van der Waals surface area contributed by atoms with Gasteiger partial charge in [-0.05, 0) is 41.7 Å². The van der Waals surface area contributed by atoms with Crippen molar-refractivity contribution in [3.63, 3.8) is 0 Å². The van der Waals surface area contributed by atoms with Gasteiger partial charge in [-0.15, -0.1) is 0 Å². The van der Waals surface area contributed by atoms with Crippen LogP contribution in [0.2, 0.25) is 5.02 Å². The van der Waals surface area contributed by atoms with Gasteiger partial charge in [0.25, 0.3) is 5.56 Å². The number of rotatable bonds is 7. The molecule has 0 aliphatic heterocycles. The quantitative estimate of drug-likeness (QED) is 0.654. The van der Waals surface area contributed by atoms with E-state index in [1.54, 1.807) is 13.2 Å². The molecule has 156 valence electrons. The maximum absolute atomic E-state index is 12.4. The molecule has 0 amide bonds. The van der Waals surface area contributed by atoms with Crippen LogP contribution in [0.25, 0.3) is 11.3 Å². The lowest BCUT2D eigenvalue weighted by atomic mass is 9.64. The molecule has 0 saturated heterocycles. The van der Waals surface area contributed by atoms with Crippen molar-refractivity contribution >= 4 is 17.6 Å². The van der Waals surface area contributed by atoms with E-state index in [0.717, 1.165) is 23.1 Å². The molecule has 1 aromatic carbocycles. The Morgan fingerprint density at radius 1 is 1.31 bits per heavy atom. The van der Waals surface area contributed by atoms with E-state index in [4.69, 9.17) is 21.1 Å². The molecule has 0 spiro atoms. The molecule has 1 aliphatic carbocycles. The highest BCUT2D eigenvalue weighted by atomic mass is 35.5. The van der Waals surface area contributed by atoms with Gasteiger partial charge >= 0.3 is 5.97 Å². The van der Waals surface area contributed by atoms with Gasteiger partial charge in [0, 0.05) is 31.1 Å². The topological polar surface area (TPSA) is 88.6 Å². The van der Waals surface area contributed by atoms with Crippen LogP contribution in [0.3, 0.4) is 0 Å². The molecule has 0 radical (unpaired) electrons. The Bertz CT molecular complexity index is 997. The normalized spacial score (nSPS) is 17.7. The maximum Gasteiger partial charge on any atom is 0.341 e. The summed E-state index contributed by atoms with van der Waals surface area (Å²) in [7, 11) is 1.65. The van der Waals surface area contributed by atoms with Gasteiger partial charge in [0.1, 0.15) is 11.3 Å². The number of ether oxygens (including phenoxy) is 2. The third kappa shape index (κ3) is 3.91. The van der Waals surface area contributed by atoms with Gasteiger partial charge in [-0.3, -0.25) is 4.79 Å². The van der Waals surface area contributed by atoms with Crippen molar-refractivity contribution in [3.05, 3.63) is 50.3 Å². The Morgan fingerprint density at radius 2 is 2.03 bits per heavy atom. The second-order valence-corrected chi connectivity index (χ2v) is 8.40. The number of nitrogens with one attached hydrogen (secondary N) is 1. The summed E-state index contributed by atoms with van der Waals surface area (Å²) in [4.78, 5) is 26.7. The van der Waals surface area contributed by atoms with Gasteiger partial charge < -0.3 is 19.6 Å². The summed E-state index contributed by atoms with van der Waals surface area (Å²) >= 11 is 6.45. The maximum atomic E-state index is 12.4. The minimum absolute atomic E-state index is 0.212. The van der Waals surface area contributed by atoms with Crippen molar-refractivity contribution < 1.29 is 19.4 Å². The number of carboxylic acid groups (broad SMARTS) is 1. The SMILES string of the molecule is COCCCOc1cc2c(cc1Cl)-c1[nH]c(=O)c(C(=O)O)cc1C(C)(C(C)C)C2. The van der Waals surface area contributed by atoms with E-state index in [0.29, 0.717) is 36.1 Å². The van der Waals surface area contributed by atoms with E-state index >= 15 is 0 Å². The molecule has 1 unspecified atom stereocenters. The minimum atomic E-state index is -1.23. The highest BCUT2D eigenvalue weighted by molar-refractivity contribution is 6.32. The zero-order valence-corrected chi connectivity index (χ0v) is 17.9. The molecule has 2 N–H and O–H groups in total. The van der Waals surface area contributed by atoms with Gasteiger partial charge in [-0.25, -0.2) is 4.79 Å². The minimum Gasteiger partial charge on any atom is -0.492 e. The fourth-order valence-electron chi connectivity index (χ4n) is 3.83.